The summed E-state index contributed by atoms with van der Waals surface area (Å²) in [7, 11) is 1.20. The van der Waals surface area contributed by atoms with E-state index in [-0.39, 0.29) is 17.4 Å². The van der Waals surface area contributed by atoms with Gasteiger partial charge in [0.15, 0.2) is 5.78 Å². The molecule has 0 saturated heterocycles. The zero-order valence-electron chi connectivity index (χ0n) is 11.0. The minimum absolute atomic E-state index is 0.0638. The number of methoxy groups -OCH3 is 1. The van der Waals surface area contributed by atoms with Crippen molar-refractivity contribution < 1.29 is 23.5 Å². The Morgan fingerprint density at radius 1 is 1.26 bits per heavy atom. The molecule has 0 aliphatic carbocycles. The molecule has 1 aromatic carbocycles. The highest BCUT2D eigenvalue weighted by Crippen LogP contribution is 2.22. The highest BCUT2D eigenvalue weighted by Gasteiger charge is 2.13. The number of ketones is 1. The molecule has 1 aromatic rings. The summed E-state index contributed by atoms with van der Waals surface area (Å²) in [6, 6.07) is 3.66. The van der Waals surface area contributed by atoms with Gasteiger partial charge in [-0.25, -0.2) is 9.18 Å². The van der Waals surface area contributed by atoms with Gasteiger partial charge in [-0.15, -0.1) is 0 Å². The number of hydrogen-bond donors (Lipinski definition) is 0. The Kier molecular flexibility index (Phi) is 5.23. The molecule has 0 spiro atoms. The van der Waals surface area contributed by atoms with E-state index >= 15 is 0 Å². The molecule has 0 atom stereocenters. The fraction of sp³-hybridized carbons (Fsp3) is 0.286. The fourth-order valence-corrected chi connectivity index (χ4v) is 1.35. The van der Waals surface area contributed by atoms with Crippen LogP contribution in [0.3, 0.4) is 0 Å². The molecule has 102 valence electrons. The molecular weight excluding hydrogens is 251 g/mol. The number of esters is 1. The molecule has 0 saturated carbocycles. The average molecular weight is 266 g/mol. The van der Waals surface area contributed by atoms with Gasteiger partial charge in [-0.2, -0.15) is 0 Å². The molecule has 0 aliphatic heterocycles. The number of ether oxygens (including phenoxy) is 2. The molecule has 0 unspecified atom stereocenters. The van der Waals surface area contributed by atoms with Crippen LogP contribution >= 0.6 is 0 Å². The van der Waals surface area contributed by atoms with E-state index in [1.54, 1.807) is 13.8 Å². The molecule has 0 heterocycles. The van der Waals surface area contributed by atoms with Crippen molar-refractivity contribution in [2.75, 3.05) is 7.11 Å². The molecule has 0 radical (unpaired) electrons. The Morgan fingerprint density at radius 3 is 2.53 bits per heavy atom. The largest absolute Gasteiger partial charge is 0.490 e. The third-order valence-corrected chi connectivity index (χ3v) is 2.14. The average Bonchev–Trinajstić information content (AvgIpc) is 2.37. The maximum atomic E-state index is 13.2. The summed E-state index contributed by atoms with van der Waals surface area (Å²) < 4.78 is 23.0. The first-order valence-corrected chi connectivity index (χ1v) is 5.70. The fourth-order valence-electron chi connectivity index (χ4n) is 1.35. The Morgan fingerprint density at radius 2 is 1.95 bits per heavy atom. The van der Waals surface area contributed by atoms with Crippen LogP contribution in [-0.2, 0) is 9.53 Å². The number of carbonyl (C=O) groups is 2. The van der Waals surface area contributed by atoms with Gasteiger partial charge in [-0.05, 0) is 38.1 Å². The zero-order valence-corrected chi connectivity index (χ0v) is 11.0. The Labute approximate surface area is 110 Å². The van der Waals surface area contributed by atoms with Crippen LogP contribution in [0.25, 0.3) is 0 Å². The molecule has 0 N–H and O–H groups in total. The van der Waals surface area contributed by atoms with Crippen molar-refractivity contribution in [3.63, 3.8) is 0 Å². The number of allylic oxidation sites excluding steroid dienone is 1. The van der Waals surface area contributed by atoms with Crippen molar-refractivity contribution in [3.8, 4) is 5.75 Å². The van der Waals surface area contributed by atoms with E-state index in [0.717, 1.165) is 18.2 Å². The van der Waals surface area contributed by atoms with E-state index in [1.807, 2.05) is 0 Å². The Balaban J connectivity index is 3.03. The van der Waals surface area contributed by atoms with Gasteiger partial charge in [0.25, 0.3) is 0 Å². The lowest BCUT2D eigenvalue weighted by molar-refractivity contribution is -0.134. The van der Waals surface area contributed by atoms with Gasteiger partial charge in [0.2, 0.25) is 0 Å². The maximum Gasteiger partial charge on any atom is 0.330 e. The second kappa shape index (κ2) is 6.68. The second-order valence-corrected chi connectivity index (χ2v) is 4.03. The molecule has 4 nitrogen and oxygen atoms in total. The normalized spacial score (nSPS) is 10.8. The lowest BCUT2D eigenvalue weighted by Crippen LogP contribution is -2.10. The van der Waals surface area contributed by atoms with Gasteiger partial charge in [0.05, 0.1) is 18.8 Å². The quantitative estimate of drug-likeness (QED) is 0.467. The predicted molar refractivity (Wildman–Crippen MR) is 67.7 cm³/mol. The summed E-state index contributed by atoms with van der Waals surface area (Å²) in [5.41, 5.74) is 0.0638. The van der Waals surface area contributed by atoms with Gasteiger partial charge in [-0.3, -0.25) is 4.79 Å². The smallest absolute Gasteiger partial charge is 0.330 e. The third-order valence-electron chi connectivity index (χ3n) is 2.14. The maximum absolute atomic E-state index is 13.2. The summed E-state index contributed by atoms with van der Waals surface area (Å²) in [5.74, 6) is -1.46. The number of benzene rings is 1. The second-order valence-electron chi connectivity index (χ2n) is 4.03. The predicted octanol–water partition coefficient (Wildman–Crippen LogP) is 2.52. The topological polar surface area (TPSA) is 52.6 Å². The SMILES string of the molecule is COC(=O)/C=C/C(=O)c1cc(F)ccc1OC(C)C. The van der Waals surface area contributed by atoms with E-state index < -0.39 is 17.6 Å². The number of carbonyl (C=O) groups excluding carboxylic acids is 2. The number of rotatable bonds is 5. The van der Waals surface area contributed by atoms with Crippen LogP contribution in [0.5, 0.6) is 5.75 Å². The summed E-state index contributed by atoms with van der Waals surface area (Å²) in [6.45, 7) is 3.59. The van der Waals surface area contributed by atoms with Crippen molar-refractivity contribution in [2.45, 2.75) is 20.0 Å². The summed E-state index contributed by atoms with van der Waals surface area (Å²) in [6.07, 6.45) is 1.85. The van der Waals surface area contributed by atoms with Crippen LogP contribution in [-0.4, -0.2) is 25.0 Å². The first-order valence-electron chi connectivity index (χ1n) is 5.70. The summed E-state index contributed by atoms with van der Waals surface area (Å²) >= 11 is 0. The molecule has 0 fully saturated rings. The highest BCUT2D eigenvalue weighted by atomic mass is 19.1. The first-order chi connectivity index (χ1) is 8.93. The highest BCUT2D eigenvalue weighted by molar-refractivity contribution is 6.08. The third kappa shape index (κ3) is 4.54. The number of halogens is 1. The van der Waals surface area contributed by atoms with Crippen molar-refractivity contribution in [3.05, 3.63) is 41.7 Å². The lowest BCUT2D eigenvalue weighted by Gasteiger charge is -2.12. The Bertz CT molecular complexity index is 506. The van der Waals surface area contributed by atoms with Crippen LogP contribution in [0.4, 0.5) is 4.39 Å². The lowest BCUT2D eigenvalue weighted by atomic mass is 10.1. The van der Waals surface area contributed by atoms with Crippen LogP contribution in [0.1, 0.15) is 24.2 Å². The molecule has 1 rings (SSSR count). The molecule has 19 heavy (non-hydrogen) atoms. The van der Waals surface area contributed by atoms with Crippen molar-refractivity contribution in [2.24, 2.45) is 0 Å². The summed E-state index contributed by atoms with van der Waals surface area (Å²) in [4.78, 5) is 22.8. The van der Waals surface area contributed by atoms with E-state index in [4.69, 9.17) is 4.74 Å². The Hall–Kier alpha value is -2.17. The molecule has 0 aromatic heterocycles. The van der Waals surface area contributed by atoms with Crippen molar-refractivity contribution in [1.82, 2.24) is 0 Å². The van der Waals surface area contributed by atoms with Crippen molar-refractivity contribution >= 4 is 11.8 Å². The van der Waals surface area contributed by atoms with Crippen molar-refractivity contribution in [1.29, 1.82) is 0 Å². The summed E-state index contributed by atoms with van der Waals surface area (Å²) in [5, 5.41) is 0. The monoisotopic (exact) mass is 266 g/mol. The van der Waals surface area contributed by atoms with Gasteiger partial charge >= 0.3 is 5.97 Å². The van der Waals surface area contributed by atoms with Gasteiger partial charge in [0.1, 0.15) is 11.6 Å². The first kappa shape index (κ1) is 14.9. The van der Waals surface area contributed by atoms with Crippen LogP contribution in [0.2, 0.25) is 0 Å². The van der Waals surface area contributed by atoms with Gasteiger partial charge in [0, 0.05) is 6.08 Å². The molecule has 5 heteroatoms. The van der Waals surface area contributed by atoms with E-state index in [1.165, 1.54) is 19.2 Å². The minimum atomic E-state index is -0.656. The standard InChI is InChI=1S/C14H15FO4/c1-9(2)19-13-6-4-10(15)8-11(13)12(16)5-7-14(17)18-3/h4-9H,1-3H3/b7-5+. The van der Waals surface area contributed by atoms with Gasteiger partial charge < -0.3 is 9.47 Å². The van der Waals surface area contributed by atoms with Crippen LogP contribution in [0.15, 0.2) is 30.4 Å². The van der Waals surface area contributed by atoms with E-state index in [2.05, 4.69) is 4.74 Å². The molecule has 0 aliphatic rings. The van der Waals surface area contributed by atoms with E-state index in [0.29, 0.717) is 0 Å². The van der Waals surface area contributed by atoms with Crippen LogP contribution < -0.4 is 4.74 Å². The molecule has 0 bridgehead atoms. The van der Waals surface area contributed by atoms with Gasteiger partial charge in [-0.1, -0.05) is 0 Å². The zero-order chi connectivity index (χ0) is 14.4. The minimum Gasteiger partial charge on any atom is -0.490 e. The van der Waals surface area contributed by atoms with E-state index in [9.17, 15) is 14.0 Å². The molecule has 0 amide bonds. The number of hydrogen-bond acceptors (Lipinski definition) is 4. The van der Waals surface area contributed by atoms with Crippen LogP contribution in [0, 0.1) is 5.82 Å². The molecular formula is C14H15FO4.